The summed E-state index contributed by atoms with van der Waals surface area (Å²) in [4.78, 5) is 4.94. The van der Waals surface area contributed by atoms with Crippen molar-refractivity contribution in [3.8, 4) is 39.3 Å². The lowest BCUT2D eigenvalue weighted by Crippen LogP contribution is -2.01. The summed E-state index contributed by atoms with van der Waals surface area (Å²) in [7, 11) is 0. The minimum absolute atomic E-state index is 0.0638. The average molecular weight is 528 g/mol. The second kappa shape index (κ2) is 9.62. The van der Waals surface area contributed by atoms with Crippen LogP contribution in [0.3, 0.4) is 0 Å². The van der Waals surface area contributed by atoms with Gasteiger partial charge in [0.1, 0.15) is 5.82 Å². The van der Waals surface area contributed by atoms with E-state index in [0.29, 0.717) is 11.3 Å². The molecule has 0 spiro atoms. The Kier molecular flexibility index (Phi) is 4.40. The highest BCUT2D eigenvalue weighted by Gasteiger charge is 2.22. The van der Waals surface area contributed by atoms with E-state index in [1.807, 2.05) is 59.2 Å². The number of hydrogen-bond acceptors (Lipinski definition) is 1. The van der Waals surface area contributed by atoms with E-state index < -0.39 is 18.1 Å². The number of aromatic nitrogens is 2. The number of benzene rings is 7. The van der Waals surface area contributed by atoms with Crippen molar-refractivity contribution < 1.29 is 6.85 Å². The Bertz CT molecular complexity index is 2400. The van der Waals surface area contributed by atoms with E-state index in [-0.39, 0.29) is 17.6 Å². The molecule has 8 aromatic rings. The molecule has 8 rings (SSSR count). The molecule has 0 amide bonds. The number of rotatable bonds is 4. The molecule has 2 heteroatoms. The Morgan fingerprint density at radius 3 is 1.76 bits per heavy atom. The fraction of sp³-hybridized carbons (Fsp3) is 0. The monoisotopic (exact) mass is 527 g/mol. The van der Waals surface area contributed by atoms with Gasteiger partial charge in [-0.25, -0.2) is 4.98 Å². The first-order chi connectivity index (χ1) is 22.5. The topological polar surface area (TPSA) is 17.8 Å². The molecule has 0 fully saturated rings. The SMILES string of the molecule is [2H]c1c([2H])c([2H])c(-c2nc3ccccc3n2-c2c3ccccc3c(-c3ccccc3-c3ccccc3)c3ccccc23)c([2H])c1[2H]. The lowest BCUT2D eigenvalue weighted by Gasteiger charge is -2.21. The molecule has 7 aromatic carbocycles. The zero-order valence-electron chi connectivity index (χ0n) is 27.0. The van der Waals surface area contributed by atoms with Crippen molar-refractivity contribution in [3.05, 3.63) is 158 Å². The summed E-state index contributed by atoms with van der Waals surface area (Å²) >= 11 is 0. The predicted octanol–water partition coefficient (Wildman–Crippen LogP) is 10.3. The van der Waals surface area contributed by atoms with Crippen molar-refractivity contribution in [1.82, 2.24) is 9.55 Å². The Morgan fingerprint density at radius 1 is 0.488 bits per heavy atom. The minimum atomic E-state index is -0.432. The van der Waals surface area contributed by atoms with Crippen molar-refractivity contribution in [3.63, 3.8) is 0 Å². The van der Waals surface area contributed by atoms with E-state index in [1.165, 1.54) is 0 Å². The molecule has 0 saturated heterocycles. The maximum Gasteiger partial charge on any atom is 0.145 e. The molecule has 0 aliphatic heterocycles. The summed E-state index contributed by atoms with van der Waals surface area (Å²) in [6.07, 6.45) is 0. The van der Waals surface area contributed by atoms with E-state index in [4.69, 9.17) is 11.8 Å². The van der Waals surface area contributed by atoms with Crippen LogP contribution in [0, 0.1) is 0 Å². The van der Waals surface area contributed by atoms with Crippen LogP contribution in [0.1, 0.15) is 6.85 Å². The largest absolute Gasteiger partial charge is 0.291 e. The molecular weight excluding hydrogens is 496 g/mol. The van der Waals surface area contributed by atoms with Gasteiger partial charge in [-0.3, -0.25) is 4.57 Å². The van der Waals surface area contributed by atoms with Gasteiger partial charge in [0, 0.05) is 16.3 Å². The van der Waals surface area contributed by atoms with Crippen LogP contribution in [-0.2, 0) is 0 Å². The average Bonchev–Trinajstić information content (AvgIpc) is 3.47. The quantitative estimate of drug-likeness (QED) is 0.208. The van der Waals surface area contributed by atoms with Crippen LogP contribution in [0.15, 0.2) is 158 Å². The standard InChI is InChI=1S/C39H26N2/c1-3-15-27(16-4-1)29-19-7-8-20-30(29)37-31-21-9-11-23-33(31)38(34-24-12-10-22-32(34)37)41-36-26-14-13-25-35(36)40-39(41)28-17-5-2-6-18-28/h1-26H/i2D,5D,6D,17D,18D. The van der Waals surface area contributed by atoms with Crippen molar-refractivity contribution >= 4 is 32.6 Å². The van der Waals surface area contributed by atoms with Gasteiger partial charge in [-0.05, 0) is 45.2 Å². The minimum Gasteiger partial charge on any atom is -0.291 e. The highest BCUT2D eigenvalue weighted by molar-refractivity contribution is 6.20. The summed E-state index contributed by atoms with van der Waals surface area (Å²) in [6.45, 7) is 0. The van der Waals surface area contributed by atoms with Gasteiger partial charge < -0.3 is 0 Å². The molecule has 0 saturated carbocycles. The van der Waals surface area contributed by atoms with Gasteiger partial charge in [-0.1, -0.05) is 145 Å². The van der Waals surface area contributed by atoms with Crippen molar-refractivity contribution in [2.75, 3.05) is 0 Å². The highest BCUT2D eigenvalue weighted by Crippen LogP contribution is 2.45. The molecule has 192 valence electrons. The lowest BCUT2D eigenvalue weighted by atomic mass is 9.86. The predicted molar refractivity (Wildman–Crippen MR) is 172 cm³/mol. The third-order valence-electron chi connectivity index (χ3n) is 7.69. The molecule has 1 heterocycles. The Hall–Kier alpha value is -5.47. The van der Waals surface area contributed by atoms with Gasteiger partial charge in [-0.15, -0.1) is 0 Å². The number of fused-ring (bicyclic) bond motifs is 3. The zero-order chi connectivity index (χ0) is 31.5. The van der Waals surface area contributed by atoms with Crippen LogP contribution in [-0.4, -0.2) is 9.55 Å². The van der Waals surface area contributed by atoms with Crippen LogP contribution in [0.25, 0.3) is 71.9 Å². The molecule has 0 N–H and O–H groups in total. The van der Waals surface area contributed by atoms with Gasteiger partial charge in [0.25, 0.3) is 0 Å². The van der Waals surface area contributed by atoms with Gasteiger partial charge in [-0.2, -0.15) is 0 Å². The smallest absolute Gasteiger partial charge is 0.145 e. The second-order valence-corrected chi connectivity index (χ2v) is 9.99. The molecule has 0 bridgehead atoms. The number of imidazole rings is 1. The van der Waals surface area contributed by atoms with Crippen molar-refractivity contribution in [2.24, 2.45) is 0 Å². The third-order valence-corrected chi connectivity index (χ3v) is 7.69. The van der Waals surface area contributed by atoms with E-state index in [1.54, 1.807) is 0 Å². The first kappa shape index (κ1) is 18.8. The Morgan fingerprint density at radius 2 is 1.05 bits per heavy atom. The van der Waals surface area contributed by atoms with Crippen LogP contribution < -0.4 is 0 Å². The van der Waals surface area contributed by atoms with Gasteiger partial charge in [0.15, 0.2) is 0 Å². The van der Waals surface area contributed by atoms with E-state index in [9.17, 15) is 0 Å². The fourth-order valence-corrected chi connectivity index (χ4v) is 5.99. The zero-order valence-corrected chi connectivity index (χ0v) is 22.0. The first-order valence-corrected chi connectivity index (χ1v) is 13.6. The first-order valence-electron chi connectivity index (χ1n) is 16.1. The van der Waals surface area contributed by atoms with Gasteiger partial charge >= 0.3 is 0 Å². The Labute approximate surface area is 245 Å². The number of para-hydroxylation sites is 2. The summed E-state index contributed by atoms with van der Waals surface area (Å²) in [5.74, 6) is 0.297. The van der Waals surface area contributed by atoms with Gasteiger partial charge in [0.05, 0.1) is 23.6 Å². The Balaban J connectivity index is 1.55. The maximum absolute atomic E-state index is 8.86. The fourth-order valence-electron chi connectivity index (χ4n) is 5.99. The molecule has 0 unspecified atom stereocenters. The molecule has 2 nitrogen and oxygen atoms in total. The summed E-state index contributed by atoms with van der Waals surface area (Å²) in [5.41, 5.74) is 6.79. The second-order valence-electron chi connectivity index (χ2n) is 9.99. The molecule has 1 aromatic heterocycles. The van der Waals surface area contributed by atoms with Crippen LogP contribution in [0.4, 0.5) is 0 Å². The van der Waals surface area contributed by atoms with E-state index in [2.05, 4.69) is 72.8 Å². The maximum atomic E-state index is 8.86. The normalized spacial score (nSPS) is 13.1. The number of nitrogens with zero attached hydrogens (tertiary/aromatic N) is 2. The van der Waals surface area contributed by atoms with Crippen LogP contribution in [0.5, 0.6) is 0 Å². The summed E-state index contributed by atoms with van der Waals surface area (Å²) in [6, 6.07) is 41.3. The van der Waals surface area contributed by atoms with E-state index >= 15 is 0 Å². The highest BCUT2D eigenvalue weighted by atomic mass is 15.1. The molecule has 41 heavy (non-hydrogen) atoms. The van der Waals surface area contributed by atoms with Crippen molar-refractivity contribution in [1.29, 1.82) is 0 Å². The summed E-state index contributed by atoms with van der Waals surface area (Å²) < 4.78 is 44.7. The lowest BCUT2D eigenvalue weighted by molar-refractivity contribution is 1.13. The molecule has 0 aliphatic rings. The number of hydrogen-bond donors (Lipinski definition) is 0. The molecule has 0 atom stereocenters. The molecular formula is C39H26N2. The summed E-state index contributed by atoms with van der Waals surface area (Å²) in [5, 5.41) is 3.97. The third kappa shape index (κ3) is 3.76. The van der Waals surface area contributed by atoms with Crippen LogP contribution in [0.2, 0.25) is 0 Å². The van der Waals surface area contributed by atoms with Crippen LogP contribution >= 0.6 is 0 Å². The van der Waals surface area contributed by atoms with Crippen molar-refractivity contribution in [2.45, 2.75) is 0 Å². The van der Waals surface area contributed by atoms with E-state index in [0.717, 1.165) is 55.0 Å². The molecule has 0 radical (unpaired) electrons. The van der Waals surface area contributed by atoms with Gasteiger partial charge in [0.2, 0.25) is 0 Å². The molecule has 0 aliphatic carbocycles.